The van der Waals surface area contributed by atoms with Gasteiger partial charge in [0.15, 0.2) is 0 Å². The first-order chi connectivity index (χ1) is 8.96. The minimum Gasteiger partial charge on any atom is -0.496 e. The van der Waals surface area contributed by atoms with Gasteiger partial charge in [0.1, 0.15) is 5.75 Å². The molecule has 0 radical (unpaired) electrons. The summed E-state index contributed by atoms with van der Waals surface area (Å²) in [5, 5.41) is 3.13. The summed E-state index contributed by atoms with van der Waals surface area (Å²) in [4.78, 5) is 0. The minimum atomic E-state index is -2.76. The van der Waals surface area contributed by atoms with Crippen molar-refractivity contribution in [3.63, 3.8) is 0 Å². The molecule has 1 fully saturated rings. The van der Waals surface area contributed by atoms with Gasteiger partial charge in [-0.1, -0.05) is 0 Å². The largest absolute Gasteiger partial charge is 0.496 e. The topological polar surface area (TPSA) is 21.3 Å². The number of methoxy groups -OCH3 is 1. The van der Waals surface area contributed by atoms with Crippen LogP contribution in [-0.4, -0.2) is 20.2 Å². The van der Waals surface area contributed by atoms with Gasteiger partial charge in [-0.05, 0) is 63.0 Å². The smallest absolute Gasteiger partial charge is 0.276 e. The van der Waals surface area contributed by atoms with Crippen LogP contribution in [0.15, 0.2) is 12.1 Å². The maximum absolute atomic E-state index is 14.6. The van der Waals surface area contributed by atoms with E-state index in [1.54, 1.807) is 19.2 Å². The van der Waals surface area contributed by atoms with Crippen LogP contribution in [0.25, 0.3) is 0 Å². The number of halogens is 2. The van der Waals surface area contributed by atoms with E-state index in [1.165, 1.54) is 0 Å². The van der Waals surface area contributed by atoms with Gasteiger partial charge < -0.3 is 10.1 Å². The molecule has 1 aromatic carbocycles. The van der Waals surface area contributed by atoms with Crippen molar-refractivity contribution in [1.82, 2.24) is 5.32 Å². The third-order valence-corrected chi connectivity index (χ3v) is 3.90. The van der Waals surface area contributed by atoms with Gasteiger partial charge in [0.25, 0.3) is 5.92 Å². The molecule has 1 aliphatic heterocycles. The third-order valence-electron chi connectivity index (χ3n) is 3.90. The number of alkyl halides is 2. The first kappa shape index (κ1) is 14.3. The Labute approximate surface area is 113 Å². The van der Waals surface area contributed by atoms with Crippen LogP contribution in [0.1, 0.15) is 29.5 Å². The van der Waals surface area contributed by atoms with E-state index in [2.05, 4.69) is 5.32 Å². The Morgan fingerprint density at radius 3 is 2.16 bits per heavy atom. The van der Waals surface area contributed by atoms with E-state index in [1.807, 2.05) is 13.8 Å². The molecule has 1 aliphatic rings. The molecular weight excluding hydrogens is 248 g/mol. The summed E-state index contributed by atoms with van der Waals surface area (Å²) in [5.41, 5.74) is 1.66. The summed E-state index contributed by atoms with van der Waals surface area (Å²) < 4.78 is 34.4. The highest BCUT2D eigenvalue weighted by Crippen LogP contribution is 2.42. The zero-order valence-corrected chi connectivity index (χ0v) is 11.7. The molecule has 0 bridgehead atoms. The fraction of sp³-hybridized carbons (Fsp3) is 0.600. The minimum absolute atomic E-state index is 0.121. The predicted octanol–water partition coefficient (Wildman–Crippen LogP) is 3.40. The summed E-state index contributed by atoms with van der Waals surface area (Å²) >= 11 is 0. The molecule has 19 heavy (non-hydrogen) atoms. The van der Waals surface area contributed by atoms with Gasteiger partial charge in [-0.25, -0.2) is 8.78 Å². The first-order valence-corrected chi connectivity index (χ1v) is 6.71. The molecule has 0 unspecified atom stereocenters. The van der Waals surface area contributed by atoms with Crippen molar-refractivity contribution < 1.29 is 13.5 Å². The zero-order valence-electron chi connectivity index (χ0n) is 11.7. The SMILES string of the molecule is COc1c(C)cc(C(F)(F)C2CCNCC2)cc1C. The molecule has 106 valence electrons. The van der Waals surface area contributed by atoms with Crippen LogP contribution < -0.4 is 10.1 Å². The number of hydrogen-bond acceptors (Lipinski definition) is 2. The summed E-state index contributed by atoms with van der Waals surface area (Å²) in [7, 11) is 1.57. The summed E-state index contributed by atoms with van der Waals surface area (Å²) in [5.74, 6) is -2.63. The molecule has 1 N–H and O–H groups in total. The number of rotatable bonds is 3. The Hall–Kier alpha value is -1.16. The molecule has 0 aromatic heterocycles. The number of hydrogen-bond donors (Lipinski definition) is 1. The zero-order chi connectivity index (χ0) is 14.0. The standard InChI is InChI=1S/C15H21F2NO/c1-10-8-13(9-11(2)14(10)19-3)15(16,17)12-4-6-18-7-5-12/h8-9,12,18H,4-7H2,1-3H3. The molecule has 0 atom stereocenters. The van der Waals surface area contributed by atoms with E-state index < -0.39 is 11.8 Å². The van der Waals surface area contributed by atoms with Gasteiger partial charge in [-0.3, -0.25) is 0 Å². The van der Waals surface area contributed by atoms with Crippen LogP contribution in [-0.2, 0) is 5.92 Å². The highest BCUT2D eigenvalue weighted by Gasteiger charge is 2.41. The van der Waals surface area contributed by atoms with Gasteiger partial charge in [0.05, 0.1) is 7.11 Å². The van der Waals surface area contributed by atoms with Crippen molar-refractivity contribution in [2.24, 2.45) is 5.92 Å². The van der Waals surface area contributed by atoms with Gasteiger partial charge in [-0.2, -0.15) is 0 Å². The summed E-state index contributed by atoms with van der Waals surface area (Å²) in [6.07, 6.45) is 1.05. The molecule has 2 nitrogen and oxygen atoms in total. The van der Waals surface area contributed by atoms with Gasteiger partial charge >= 0.3 is 0 Å². The van der Waals surface area contributed by atoms with Crippen molar-refractivity contribution in [2.75, 3.05) is 20.2 Å². The second-order valence-corrected chi connectivity index (χ2v) is 5.29. The number of nitrogens with one attached hydrogen (secondary N) is 1. The molecule has 0 spiro atoms. The van der Waals surface area contributed by atoms with Crippen molar-refractivity contribution in [2.45, 2.75) is 32.6 Å². The quantitative estimate of drug-likeness (QED) is 0.908. The van der Waals surface area contributed by atoms with Crippen molar-refractivity contribution in [3.8, 4) is 5.75 Å². The van der Waals surface area contributed by atoms with E-state index in [-0.39, 0.29) is 5.56 Å². The predicted molar refractivity (Wildman–Crippen MR) is 72.0 cm³/mol. The Kier molecular flexibility index (Phi) is 4.09. The Bertz CT molecular complexity index is 430. The van der Waals surface area contributed by atoms with Crippen LogP contribution in [0.3, 0.4) is 0 Å². The third kappa shape index (κ3) is 2.73. The molecule has 4 heteroatoms. The van der Waals surface area contributed by atoms with Gasteiger partial charge in [0, 0.05) is 11.5 Å². The maximum atomic E-state index is 14.6. The van der Waals surface area contributed by atoms with Gasteiger partial charge in [0.2, 0.25) is 0 Å². The molecule has 1 aromatic rings. The summed E-state index contributed by atoms with van der Waals surface area (Å²) in [6.45, 7) is 4.98. The number of ether oxygens (including phenoxy) is 1. The monoisotopic (exact) mass is 269 g/mol. The number of piperidine rings is 1. The number of benzene rings is 1. The molecular formula is C15H21F2NO. The Morgan fingerprint density at radius 1 is 1.16 bits per heavy atom. The maximum Gasteiger partial charge on any atom is 0.276 e. The van der Waals surface area contributed by atoms with Crippen LogP contribution >= 0.6 is 0 Å². The van der Waals surface area contributed by atoms with E-state index in [0.29, 0.717) is 31.7 Å². The van der Waals surface area contributed by atoms with E-state index >= 15 is 0 Å². The van der Waals surface area contributed by atoms with Crippen LogP contribution in [0.5, 0.6) is 5.75 Å². The Morgan fingerprint density at radius 2 is 1.68 bits per heavy atom. The highest BCUT2D eigenvalue weighted by molar-refractivity contribution is 5.44. The number of aryl methyl sites for hydroxylation is 2. The molecule has 0 saturated carbocycles. The van der Waals surface area contributed by atoms with E-state index in [4.69, 9.17) is 4.74 Å². The fourth-order valence-corrected chi connectivity index (χ4v) is 2.88. The van der Waals surface area contributed by atoms with Crippen LogP contribution in [0.4, 0.5) is 8.78 Å². The lowest BCUT2D eigenvalue weighted by Crippen LogP contribution is -2.36. The molecule has 2 rings (SSSR count). The van der Waals surface area contributed by atoms with Crippen molar-refractivity contribution in [3.05, 3.63) is 28.8 Å². The second kappa shape index (κ2) is 5.45. The van der Waals surface area contributed by atoms with Crippen molar-refractivity contribution in [1.29, 1.82) is 0 Å². The Balaban J connectivity index is 2.34. The fourth-order valence-electron chi connectivity index (χ4n) is 2.88. The van der Waals surface area contributed by atoms with E-state index in [0.717, 1.165) is 11.1 Å². The lowest BCUT2D eigenvalue weighted by atomic mass is 9.86. The average molecular weight is 269 g/mol. The normalized spacial score (nSPS) is 17.5. The van der Waals surface area contributed by atoms with E-state index in [9.17, 15) is 8.78 Å². The molecule has 0 amide bonds. The lowest BCUT2D eigenvalue weighted by molar-refractivity contribution is -0.0754. The second-order valence-electron chi connectivity index (χ2n) is 5.29. The van der Waals surface area contributed by atoms with Crippen molar-refractivity contribution >= 4 is 0 Å². The van der Waals surface area contributed by atoms with Crippen LogP contribution in [0, 0.1) is 19.8 Å². The van der Waals surface area contributed by atoms with Crippen LogP contribution in [0.2, 0.25) is 0 Å². The average Bonchev–Trinajstić information content (AvgIpc) is 2.39. The molecule has 1 saturated heterocycles. The highest BCUT2D eigenvalue weighted by atomic mass is 19.3. The molecule has 0 aliphatic carbocycles. The van der Waals surface area contributed by atoms with Gasteiger partial charge in [-0.15, -0.1) is 0 Å². The lowest BCUT2D eigenvalue weighted by Gasteiger charge is -2.31. The summed E-state index contributed by atoms with van der Waals surface area (Å²) in [6, 6.07) is 3.13. The first-order valence-electron chi connectivity index (χ1n) is 6.71. The molecule has 1 heterocycles.